The number of amides is 2. The predicted octanol–water partition coefficient (Wildman–Crippen LogP) is 3.97. The summed E-state index contributed by atoms with van der Waals surface area (Å²) in [7, 11) is 1.05. The summed E-state index contributed by atoms with van der Waals surface area (Å²) in [6.45, 7) is 2.37. The van der Waals surface area contributed by atoms with Gasteiger partial charge in [-0.05, 0) is 19.1 Å². The monoisotopic (exact) mass is 487 g/mol. The average molecular weight is 487 g/mol. The Bertz CT molecular complexity index is 1150. The molecule has 0 bridgehead atoms. The van der Waals surface area contributed by atoms with Crippen molar-refractivity contribution in [3.63, 3.8) is 0 Å². The molecule has 0 aliphatic carbocycles. The fourth-order valence-corrected chi connectivity index (χ4v) is 4.64. The fourth-order valence-electron chi connectivity index (χ4n) is 4.64. The van der Waals surface area contributed by atoms with Gasteiger partial charge in [0.25, 0.3) is 5.91 Å². The quantitative estimate of drug-likeness (QED) is 0.640. The first-order valence-corrected chi connectivity index (χ1v) is 10.5. The van der Waals surface area contributed by atoms with Gasteiger partial charge < -0.3 is 20.1 Å². The van der Waals surface area contributed by atoms with Crippen molar-refractivity contribution in [2.24, 2.45) is 5.92 Å². The summed E-state index contributed by atoms with van der Waals surface area (Å²) in [5.74, 6) is -6.82. The van der Waals surface area contributed by atoms with E-state index in [-0.39, 0.29) is 11.3 Å². The Hall–Kier alpha value is -3.15. The Morgan fingerprint density at radius 3 is 2.65 bits per heavy atom. The number of alkyl halides is 3. The lowest BCUT2D eigenvalue weighted by molar-refractivity contribution is -0.272. The molecule has 1 aromatic carbocycles. The van der Waals surface area contributed by atoms with Crippen LogP contribution in [0.15, 0.2) is 24.4 Å². The molecule has 3 heterocycles. The Morgan fingerprint density at radius 2 is 2.00 bits per heavy atom. The average Bonchev–Trinajstić information content (AvgIpc) is 3.30. The molecule has 1 aromatic heterocycles. The summed E-state index contributed by atoms with van der Waals surface area (Å²) in [6.07, 6.45) is -4.77. The smallest absolute Gasteiger partial charge is 0.417 e. The maximum Gasteiger partial charge on any atom is 0.417 e. The van der Waals surface area contributed by atoms with E-state index in [0.717, 1.165) is 26.2 Å². The van der Waals surface area contributed by atoms with Crippen LogP contribution >= 0.6 is 0 Å². The molecule has 2 amide bonds. The molecule has 0 unspecified atom stereocenters. The van der Waals surface area contributed by atoms with Gasteiger partial charge in [0, 0.05) is 36.6 Å². The molecule has 0 saturated carbocycles. The van der Waals surface area contributed by atoms with Crippen molar-refractivity contribution in [1.29, 1.82) is 0 Å². The van der Waals surface area contributed by atoms with Crippen molar-refractivity contribution < 1.29 is 41.0 Å². The third kappa shape index (κ3) is 3.60. The first-order chi connectivity index (χ1) is 15.9. The number of anilines is 1. The number of hydrogen-bond acceptors (Lipinski definition) is 4. The molecule has 1 fully saturated rings. The van der Waals surface area contributed by atoms with E-state index in [1.165, 1.54) is 23.8 Å². The molecule has 0 spiro atoms. The van der Waals surface area contributed by atoms with E-state index in [2.05, 4.69) is 10.6 Å². The maximum absolute atomic E-state index is 14.4. The van der Waals surface area contributed by atoms with Crippen molar-refractivity contribution in [2.75, 3.05) is 19.0 Å². The molecule has 12 heteroatoms. The van der Waals surface area contributed by atoms with Crippen LogP contribution in [0.4, 0.5) is 32.4 Å². The number of methoxy groups -OCH3 is 1. The highest BCUT2D eigenvalue weighted by Gasteiger charge is 2.66. The van der Waals surface area contributed by atoms with Crippen LogP contribution in [0.5, 0.6) is 5.75 Å². The van der Waals surface area contributed by atoms with Crippen LogP contribution in [0.1, 0.15) is 31.0 Å². The number of hydrogen-bond donors (Lipinski definition) is 2. The van der Waals surface area contributed by atoms with Gasteiger partial charge in [0.1, 0.15) is 6.10 Å². The minimum atomic E-state index is -4.86. The SMILES string of the molecule is COc1c([C@H]2[C@H](C(=O)Nc3ccn4c3CCNC4=O)O[C@@](C)(C(F)(F)F)[C@H]2C)ccc(F)c1F. The fraction of sp³-hybridized carbons (Fsp3) is 0.455. The maximum atomic E-state index is 14.4. The molecule has 2 aliphatic rings. The molecular weight excluding hydrogens is 465 g/mol. The first-order valence-electron chi connectivity index (χ1n) is 10.5. The molecule has 2 N–H and O–H groups in total. The molecular formula is C22H22F5N3O4. The Balaban J connectivity index is 1.76. The number of ether oxygens (including phenoxy) is 2. The van der Waals surface area contributed by atoms with Crippen LogP contribution in [0, 0.1) is 17.6 Å². The summed E-state index contributed by atoms with van der Waals surface area (Å²) in [5, 5.41) is 5.17. The van der Waals surface area contributed by atoms with Crippen LogP contribution < -0.4 is 15.4 Å². The zero-order valence-electron chi connectivity index (χ0n) is 18.4. The van der Waals surface area contributed by atoms with E-state index in [9.17, 15) is 31.5 Å². The Labute approximate surface area is 191 Å². The number of rotatable bonds is 4. The highest BCUT2D eigenvalue weighted by molar-refractivity contribution is 5.96. The highest BCUT2D eigenvalue weighted by Crippen LogP contribution is 2.55. The van der Waals surface area contributed by atoms with Crippen LogP contribution in [-0.4, -0.2) is 48.0 Å². The zero-order chi connectivity index (χ0) is 25.0. The summed E-state index contributed by atoms with van der Waals surface area (Å²) in [4.78, 5) is 25.2. The zero-order valence-corrected chi connectivity index (χ0v) is 18.4. The number of aromatic nitrogens is 1. The summed E-state index contributed by atoms with van der Waals surface area (Å²) in [5.41, 5.74) is -2.16. The summed E-state index contributed by atoms with van der Waals surface area (Å²) >= 11 is 0. The lowest BCUT2D eigenvalue weighted by atomic mass is 9.77. The highest BCUT2D eigenvalue weighted by atomic mass is 19.4. The molecule has 7 nitrogen and oxygen atoms in total. The molecule has 184 valence electrons. The lowest BCUT2D eigenvalue weighted by Gasteiger charge is -2.32. The summed E-state index contributed by atoms with van der Waals surface area (Å²) < 4.78 is 81.9. The standard InChI is InChI=1S/C22H22F5N3O4/c1-10-15(11-4-5-12(23)16(24)17(11)33-3)18(34-21(10,2)22(25,26)27)19(31)29-13-7-9-30-14(13)6-8-28-20(30)32/h4-5,7,9-10,15,18H,6,8H2,1-3H3,(H,28,32)(H,29,31)/t10-,15-,18+,21+/m0/s1. The molecule has 34 heavy (non-hydrogen) atoms. The van der Waals surface area contributed by atoms with Gasteiger partial charge in [0.15, 0.2) is 17.2 Å². The van der Waals surface area contributed by atoms with E-state index in [1.54, 1.807) is 0 Å². The van der Waals surface area contributed by atoms with Gasteiger partial charge >= 0.3 is 12.2 Å². The molecule has 1 saturated heterocycles. The van der Waals surface area contributed by atoms with Crippen LogP contribution in [-0.2, 0) is 16.0 Å². The van der Waals surface area contributed by atoms with Crippen LogP contribution in [0.2, 0.25) is 0 Å². The molecule has 4 atom stereocenters. The third-order valence-electron chi connectivity index (χ3n) is 6.68. The minimum Gasteiger partial charge on any atom is -0.493 e. The lowest BCUT2D eigenvalue weighted by Crippen LogP contribution is -2.47. The van der Waals surface area contributed by atoms with E-state index >= 15 is 0 Å². The minimum absolute atomic E-state index is 0.125. The van der Waals surface area contributed by atoms with Crippen LogP contribution in [0.25, 0.3) is 0 Å². The molecule has 2 aromatic rings. The van der Waals surface area contributed by atoms with E-state index in [1.807, 2.05) is 0 Å². The van der Waals surface area contributed by atoms with Crippen molar-refractivity contribution in [2.45, 2.75) is 44.1 Å². The van der Waals surface area contributed by atoms with Crippen molar-refractivity contribution in [3.8, 4) is 5.75 Å². The third-order valence-corrected chi connectivity index (χ3v) is 6.68. The number of nitrogens with one attached hydrogen (secondary N) is 2. The van der Waals surface area contributed by atoms with Gasteiger partial charge in [-0.2, -0.15) is 17.6 Å². The second-order valence-electron chi connectivity index (χ2n) is 8.46. The van der Waals surface area contributed by atoms with Gasteiger partial charge in [0.2, 0.25) is 5.82 Å². The van der Waals surface area contributed by atoms with Gasteiger partial charge in [-0.3, -0.25) is 9.36 Å². The first kappa shape index (κ1) is 24.0. The normalized spacial score (nSPS) is 26.7. The van der Waals surface area contributed by atoms with E-state index in [0.29, 0.717) is 18.7 Å². The number of halogens is 5. The Kier molecular flexibility index (Phi) is 5.83. The number of carbonyl (C=O) groups excluding carboxylic acids is 2. The van der Waals surface area contributed by atoms with Gasteiger partial charge in [-0.1, -0.05) is 13.0 Å². The van der Waals surface area contributed by atoms with Gasteiger partial charge in [0.05, 0.1) is 18.5 Å². The molecule has 2 aliphatic heterocycles. The molecule has 0 radical (unpaired) electrons. The van der Waals surface area contributed by atoms with Crippen molar-refractivity contribution in [1.82, 2.24) is 9.88 Å². The van der Waals surface area contributed by atoms with E-state index in [4.69, 9.17) is 9.47 Å². The van der Waals surface area contributed by atoms with E-state index < -0.39 is 59.0 Å². The van der Waals surface area contributed by atoms with Crippen LogP contribution in [0.3, 0.4) is 0 Å². The number of carbonyl (C=O) groups is 2. The summed E-state index contributed by atoms with van der Waals surface area (Å²) in [6, 6.07) is 2.91. The number of fused-ring (bicyclic) bond motifs is 1. The topological polar surface area (TPSA) is 81.6 Å². The predicted molar refractivity (Wildman–Crippen MR) is 110 cm³/mol. The largest absolute Gasteiger partial charge is 0.493 e. The van der Waals surface area contributed by atoms with Gasteiger partial charge in [-0.25, -0.2) is 9.18 Å². The van der Waals surface area contributed by atoms with Gasteiger partial charge in [-0.15, -0.1) is 0 Å². The second-order valence-corrected chi connectivity index (χ2v) is 8.46. The van der Waals surface area contributed by atoms with Crippen molar-refractivity contribution in [3.05, 3.63) is 47.3 Å². The Morgan fingerprint density at radius 1 is 1.29 bits per heavy atom. The second kappa shape index (κ2) is 8.26. The number of nitrogens with zero attached hydrogens (tertiary/aromatic N) is 1. The van der Waals surface area contributed by atoms with Crippen molar-refractivity contribution >= 4 is 17.6 Å². The molecule has 4 rings (SSSR count). The number of benzene rings is 1.